The van der Waals surface area contributed by atoms with Crippen molar-refractivity contribution in [2.45, 2.75) is 19.0 Å². The molecule has 0 aliphatic carbocycles. The highest BCUT2D eigenvalue weighted by molar-refractivity contribution is 7.99. The first-order valence-corrected chi connectivity index (χ1v) is 8.91. The van der Waals surface area contributed by atoms with E-state index >= 15 is 0 Å². The lowest BCUT2D eigenvalue weighted by molar-refractivity contribution is -0.130. The maximum atomic E-state index is 12.4. The quantitative estimate of drug-likeness (QED) is 0.942. The molecule has 1 heterocycles. The molecule has 0 bridgehead atoms. The second kappa shape index (κ2) is 7.16. The summed E-state index contributed by atoms with van der Waals surface area (Å²) in [5, 5.41) is 5.89. The van der Waals surface area contributed by atoms with Gasteiger partial charge < -0.3 is 10.2 Å². The van der Waals surface area contributed by atoms with Crippen LogP contribution < -0.4 is 5.32 Å². The number of amides is 1. The normalized spacial score (nSPS) is 18.3. The van der Waals surface area contributed by atoms with E-state index in [1.54, 1.807) is 0 Å². The summed E-state index contributed by atoms with van der Waals surface area (Å²) in [6, 6.07) is 15.0. The number of fused-ring (bicyclic) bond motifs is 1. The van der Waals surface area contributed by atoms with Crippen molar-refractivity contribution in [1.82, 2.24) is 10.2 Å². The molecule has 3 nitrogen and oxygen atoms in total. The monoisotopic (exact) mass is 314 g/mol. The van der Waals surface area contributed by atoms with E-state index < -0.39 is 0 Å². The van der Waals surface area contributed by atoms with Gasteiger partial charge in [-0.1, -0.05) is 42.5 Å². The molecule has 1 amide bonds. The van der Waals surface area contributed by atoms with E-state index in [4.69, 9.17) is 0 Å². The van der Waals surface area contributed by atoms with E-state index in [1.807, 2.05) is 29.8 Å². The van der Waals surface area contributed by atoms with E-state index in [2.05, 4.69) is 41.7 Å². The van der Waals surface area contributed by atoms with Crippen molar-refractivity contribution in [3.63, 3.8) is 0 Å². The molecule has 0 spiro atoms. The topological polar surface area (TPSA) is 32.3 Å². The number of benzene rings is 2. The predicted molar refractivity (Wildman–Crippen MR) is 94.2 cm³/mol. The van der Waals surface area contributed by atoms with Crippen LogP contribution in [0.15, 0.2) is 42.5 Å². The maximum Gasteiger partial charge on any atom is 0.224 e. The van der Waals surface area contributed by atoms with Gasteiger partial charge in [-0.05, 0) is 16.3 Å². The average molecular weight is 314 g/mol. The molecule has 1 saturated heterocycles. The molecule has 0 saturated carbocycles. The fourth-order valence-corrected chi connectivity index (χ4v) is 3.84. The lowest BCUT2D eigenvalue weighted by atomic mass is 10.0. The zero-order valence-electron chi connectivity index (χ0n) is 12.9. The number of nitrogens with one attached hydrogen (secondary N) is 1. The summed E-state index contributed by atoms with van der Waals surface area (Å²) in [6.07, 6.45) is 0.592. The fourth-order valence-electron chi connectivity index (χ4n) is 2.89. The number of hydrogen-bond donors (Lipinski definition) is 1. The molecule has 4 heteroatoms. The van der Waals surface area contributed by atoms with Crippen molar-refractivity contribution in [3.05, 3.63) is 48.0 Å². The molecule has 2 aromatic rings. The summed E-state index contributed by atoms with van der Waals surface area (Å²) < 4.78 is 0. The summed E-state index contributed by atoms with van der Waals surface area (Å²) in [4.78, 5) is 14.3. The smallest absolute Gasteiger partial charge is 0.224 e. The molecule has 1 aliphatic rings. The van der Waals surface area contributed by atoms with Crippen LogP contribution in [0.4, 0.5) is 0 Å². The summed E-state index contributed by atoms with van der Waals surface area (Å²) >= 11 is 1.93. The van der Waals surface area contributed by atoms with E-state index in [9.17, 15) is 4.79 Å². The van der Waals surface area contributed by atoms with Crippen molar-refractivity contribution < 1.29 is 4.79 Å². The Hall–Kier alpha value is -1.52. The molecular formula is C18H22N2OS. The molecule has 1 unspecified atom stereocenters. The largest absolute Gasteiger partial charge is 0.341 e. The number of carbonyl (C=O) groups excluding carboxylic acids is 1. The zero-order valence-corrected chi connectivity index (χ0v) is 13.7. The van der Waals surface area contributed by atoms with Gasteiger partial charge in [-0.2, -0.15) is 11.8 Å². The molecule has 116 valence electrons. The maximum absolute atomic E-state index is 12.4. The van der Waals surface area contributed by atoms with Gasteiger partial charge in [0, 0.05) is 44.1 Å². The second-order valence-electron chi connectivity index (χ2n) is 5.82. The highest BCUT2D eigenvalue weighted by atomic mass is 32.2. The van der Waals surface area contributed by atoms with Gasteiger partial charge in [0.1, 0.15) is 0 Å². The Morgan fingerprint density at radius 2 is 2.09 bits per heavy atom. The van der Waals surface area contributed by atoms with Crippen molar-refractivity contribution in [2.75, 3.05) is 25.1 Å². The van der Waals surface area contributed by atoms with Gasteiger partial charge in [-0.3, -0.25) is 4.79 Å². The molecule has 0 radical (unpaired) electrons. The van der Waals surface area contributed by atoms with Gasteiger partial charge in [0.2, 0.25) is 5.91 Å². The third kappa shape index (κ3) is 3.62. The summed E-state index contributed by atoms with van der Waals surface area (Å²) in [6.45, 7) is 1.68. The molecule has 1 aliphatic heterocycles. The molecule has 1 N–H and O–H groups in total. The Labute approximate surface area is 136 Å². The summed E-state index contributed by atoms with van der Waals surface area (Å²) in [5.74, 6) is 2.40. The van der Waals surface area contributed by atoms with E-state index in [1.165, 1.54) is 16.3 Å². The fraction of sp³-hybridized carbons (Fsp3) is 0.389. The van der Waals surface area contributed by atoms with Crippen LogP contribution in [0.2, 0.25) is 0 Å². The van der Waals surface area contributed by atoms with Crippen LogP contribution in [0.3, 0.4) is 0 Å². The van der Waals surface area contributed by atoms with Gasteiger partial charge in [0.15, 0.2) is 0 Å². The van der Waals surface area contributed by atoms with Crippen LogP contribution in [0.25, 0.3) is 10.8 Å². The molecule has 1 atom stereocenters. The Kier molecular flexibility index (Phi) is 5.01. The van der Waals surface area contributed by atoms with E-state index in [0.29, 0.717) is 19.0 Å². The highest BCUT2D eigenvalue weighted by Crippen LogP contribution is 2.20. The van der Waals surface area contributed by atoms with Crippen LogP contribution in [-0.2, 0) is 11.3 Å². The Balaban J connectivity index is 1.67. The minimum atomic E-state index is 0.216. The van der Waals surface area contributed by atoms with Crippen molar-refractivity contribution >= 4 is 28.4 Å². The summed E-state index contributed by atoms with van der Waals surface area (Å²) in [7, 11) is 1.90. The van der Waals surface area contributed by atoms with Gasteiger partial charge >= 0.3 is 0 Å². The molecule has 2 aromatic carbocycles. The number of nitrogens with zero attached hydrogens (tertiary/aromatic N) is 1. The Bertz CT molecular complexity index is 647. The van der Waals surface area contributed by atoms with Gasteiger partial charge in [0.05, 0.1) is 0 Å². The first-order valence-electron chi connectivity index (χ1n) is 7.76. The molecule has 3 rings (SSSR count). The van der Waals surface area contributed by atoms with Crippen molar-refractivity contribution in [1.29, 1.82) is 0 Å². The number of hydrogen-bond acceptors (Lipinski definition) is 3. The third-order valence-corrected chi connectivity index (χ3v) is 5.26. The lowest BCUT2D eigenvalue weighted by Gasteiger charge is -2.25. The third-order valence-electron chi connectivity index (χ3n) is 4.13. The first kappa shape index (κ1) is 15.4. The highest BCUT2D eigenvalue weighted by Gasteiger charge is 2.19. The number of carbonyl (C=O) groups is 1. The average Bonchev–Trinajstić information content (AvgIpc) is 2.56. The minimum Gasteiger partial charge on any atom is -0.341 e. The van der Waals surface area contributed by atoms with Crippen molar-refractivity contribution in [2.24, 2.45) is 0 Å². The number of rotatable bonds is 4. The Morgan fingerprint density at radius 1 is 1.27 bits per heavy atom. The predicted octanol–water partition coefficient (Wildman–Crippen LogP) is 2.89. The lowest BCUT2D eigenvalue weighted by Crippen LogP contribution is -2.41. The minimum absolute atomic E-state index is 0.216. The van der Waals surface area contributed by atoms with Gasteiger partial charge in [-0.15, -0.1) is 0 Å². The standard InChI is InChI=1S/C18H22N2OS/c1-20(18(21)11-16-13-22-10-9-19-16)12-15-7-4-6-14-5-2-3-8-17(14)15/h2-8,16,19H,9-13H2,1H3. The van der Waals surface area contributed by atoms with E-state index in [0.717, 1.165) is 18.1 Å². The zero-order chi connectivity index (χ0) is 15.4. The van der Waals surface area contributed by atoms with Crippen LogP contribution in [-0.4, -0.2) is 41.9 Å². The van der Waals surface area contributed by atoms with Gasteiger partial charge in [-0.25, -0.2) is 0 Å². The molecule has 1 fully saturated rings. The summed E-state index contributed by atoms with van der Waals surface area (Å²) in [5.41, 5.74) is 1.21. The van der Waals surface area contributed by atoms with Crippen molar-refractivity contribution in [3.8, 4) is 0 Å². The Morgan fingerprint density at radius 3 is 2.91 bits per heavy atom. The molecular weight excluding hydrogens is 292 g/mol. The van der Waals surface area contributed by atoms with E-state index in [-0.39, 0.29) is 5.91 Å². The van der Waals surface area contributed by atoms with Crippen LogP contribution in [0.5, 0.6) is 0 Å². The SMILES string of the molecule is CN(Cc1cccc2ccccc12)C(=O)CC1CSCCN1. The molecule has 0 aromatic heterocycles. The van der Waals surface area contributed by atoms with Crippen LogP contribution in [0, 0.1) is 0 Å². The first-order chi connectivity index (χ1) is 10.7. The van der Waals surface area contributed by atoms with Crippen LogP contribution >= 0.6 is 11.8 Å². The second-order valence-corrected chi connectivity index (χ2v) is 6.97. The van der Waals surface area contributed by atoms with Gasteiger partial charge in [0.25, 0.3) is 0 Å². The number of thioether (sulfide) groups is 1. The molecule has 22 heavy (non-hydrogen) atoms. The van der Waals surface area contributed by atoms with Crippen LogP contribution in [0.1, 0.15) is 12.0 Å².